The Balaban J connectivity index is 1.71. The first-order valence-electron chi connectivity index (χ1n) is 6.54. The van der Waals surface area contributed by atoms with Crippen LogP contribution < -0.4 is 0 Å². The lowest BCUT2D eigenvalue weighted by molar-refractivity contribution is -0.384. The van der Waals surface area contributed by atoms with Crippen molar-refractivity contribution in [3.63, 3.8) is 0 Å². The predicted octanol–water partition coefficient (Wildman–Crippen LogP) is 3.13. The molecule has 0 radical (unpaired) electrons. The maximum Gasteiger partial charge on any atom is 0.303 e. The van der Waals surface area contributed by atoms with Crippen molar-refractivity contribution in [3.05, 3.63) is 39.9 Å². The van der Waals surface area contributed by atoms with E-state index in [1.54, 1.807) is 23.9 Å². The zero-order chi connectivity index (χ0) is 14.6. The smallest absolute Gasteiger partial charge is 0.303 e. The number of aliphatic carboxylic acids is 1. The quantitative estimate of drug-likeness (QED) is 0.453. The molecule has 0 aliphatic heterocycles. The lowest BCUT2D eigenvalue weighted by atomic mass is 10.1. The zero-order valence-corrected chi connectivity index (χ0v) is 11.9. The van der Waals surface area contributed by atoms with Crippen molar-refractivity contribution in [2.45, 2.75) is 25.7 Å². The third kappa shape index (κ3) is 4.23. The molecule has 0 atom stereocenters. The summed E-state index contributed by atoms with van der Waals surface area (Å²) in [7, 11) is 0. The van der Waals surface area contributed by atoms with Gasteiger partial charge in [-0.3, -0.25) is 14.9 Å². The van der Waals surface area contributed by atoms with Gasteiger partial charge in [0.1, 0.15) is 0 Å². The number of non-ortho nitro benzene ring substituents is 1. The van der Waals surface area contributed by atoms with Crippen LogP contribution in [0.15, 0.2) is 24.3 Å². The number of carbonyl (C=O) groups is 1. The molecule has 1 fully saturated rings. The minimum absolute atomic E-state index is 0.0337. The Morgan fingerprint density at radius 1 is 1.35 bits per heavy atom. The highest BCUT2D eigenvalue weighted by Gasteiger charge is 2.43. The molecular formula is C14H17NO4S. The standard InChI is InChI=1S/C14H17NO4S/c16-13(17)9-14(6-7-14)10-20-8-5-11-1-3-12(4-2-11)15(18)19/h1-4H,5-10H2,(H,16,17). The van der Waals surface area contributed by atoms with Crippen LogP contribution in [-0.2, 0) is 11.2 Å². The molecule has 0 unspecified atom stereocenters. The van der Waals surface area contributed by atoms with Crippen molar-refractivity contribution in [1.82, 2.24) is 0 Å². The van der Waals surface area contributed by atoms with Crippen LogP contribution in [0.3, 0.4) is 0 Å². The van der Waals surface area contributed by atoms with Crippen LogP contribution >= 0.6 is 11.8 Å². The van der Waals surface area contributed by atoms with E-state index in [2.05, 4.69) is 0 Å². The van der Waals surface area contributed by atoms with Crippen molar-refractivity contribution >= 4 is 23.4 Å². The lowest BCUT2D eigenvalue weighted by Gasteiger charge is -2.11. The molecule has 0 bridgehead atoms. The number of nitro benzene ring substituents is 1. The van der Waals surface area contributed by atoms with Crippen molar-refractivity contribution in [2.75, 3.05) is 11.5 Å². The van der Waals surface area contributed by atoms with Gasteiger partial charge < -0.3 is 5.11 Å². The maximum atomic E-state index is 10.7. The minimum Gasteiger partial charge on any atom is -0.481 e. The average Bonchev–Trinajstić information content (AvgIpc) is 3.14. The van der Waals surface area contributed by atoms with E-state index in [0.29, 0.717) is 0 Å². The van der Waals surface area contributed by atoms with E-state index in [9.17, 15) is 14.9 Å². The molecule has 1 aromatic rings. The normalized spacial score (nSPS) is 15.8. The van der Waals surface area contributed by atoms with Crippen molar-refractivity contribution in [1.29, 1.82) is 0 Å². The molecule has 1 aliphatic carbocycles. The third-order valence-electron chi connectivity index (χ3n) is 3.57. The van der Waals surface area contributed by atoms with Crippen LogP contribution in [0.4, 0.5) is 5.69 Å². The topological polar surface area (TPSA) is 80.4 Å². The number of carboxylic acids is 1. The Labute approximate surface area is 121 Å². The van der Waals surface area contributed by atoms with Gasteiger partial charge in [-0.15, -0.1) is 0 Å². The molecule has 108 valence electrons. The highest BCUT2D eigenvalue weighted by molar-refractivity contribution is 7.99. The summed E-state index contributed by atoms with van der Waals surface area (Å²) < 4.78 is 0. The summed E-state index contributed by atoms with van der Waals surface area (Å²) in [5.41, 5.74) is 1.22. The maximum absolute atomic E-state index is 10.7. The molecule has 0 saturated heterocycles. The summed E-state index contributed by atoms with van der Waals surface area (Å²) >= 11 is 1.77. The molecule has 1 aromatic carbocycles. The van der Waals surface area contributed by atoms with E-state index in [4.69, 9.17) is 5.11 Å². The largest absolute Gasteiger partial charge is 0.481 e. The number of aryl methyl sites for hydroxylation is 1. The van der Waals surface area contributed by atoms with Gasteiger partial charge in [0.2, 0.25) is 0 Å². The monoisotopic (exact) mass is 295 g/mol. The van der Waals surface area contributed by atoms with Crippen LogP contribution in [0.1, 0.15) is 24.8 Å². The van der Waals surface area contributed by atoms with Crippen molar-refractivity contribution < 1.29 is 14.8 Å². The average molecular weight is 295 g/mol. The SMILES string of the molecule is O=C(O)CC1(CSCCc2ccc([N+](=O)[O-])cc2)CC1. The van der Waals surface area contributed by atoms with E-state index in [1.165, 1.54) is 12.1 Å². The molecule has 1 saturated carbocycles. The Kier molecular flexibility index (Phi) is 4.65. The Bertz CT molecular complexity index is 496. The molecule has 20 heavy (non-hydrogen) atoms. The summed E-state index contributed by atoms with van der Waals surface area (Å²) in [6, 6.07) is 6.60. The first kappa shape index (κ1) is 14.8. The van der Waals surface area contributed by atoms with Crippen molar-refractivity contribution in [2.24, 2.45) is 5.41 Å². The number of rotatable bonds is 8. The molecule has 1 N–H and O–H groups in total. The molecule has 2 rings (SSSR count). The van der Waals surface area contributed by atoms with E-state index in [-0.39, 0.29) is 17.5 Å². The second-order valence-corrected chi connectivity index (χ2v) is 6.40. The summed E-state index contributed by atoms with van der Waals surface area (Å²) in [5.74, 6) is 1.10. The molecule has 6 heteroatoms. The first-order chi connectivity index (χ1) is 9.51. The van der Waals surface area contributed by atoms with Gasteiger partial charge in [-0.1, -0.05) is 12.1 Å². The van der Waals surface area contributed by atoms with E-state index >= 15 is 0 Å². The fourth-order valence-electron chi connectivity index (χ4n) is 2.13. The third-order valence-corrected chi connectivity index (χ3v) is 4.88. The second-order valence-electron chi connectivity index (χ2n) is 5.30. The fourth-order valence-corrected chi connectivity index (χ4v) is 3.48. The van der Waals surface area contributed by atoms with E-state index in [1.807, 2.05) is 0 Å². The van der Waals surface area contributed by atoms with Gasteiger partial charge in [0.05, 0.1) is 11.3 Å². The van der Waals surface area contributed by atoms with Crippen LogP contribution in [0.25, 0.3) is 0 Å². The number of benzene rings is 1. The fraction of sp³-hybridized carbons (Fsp3) is 0.500. The Morgan fingerprint density at radius 2 is 2.00 bits per heavy atom. The summed E-state index contributed by atoms with van der Waals surface area (Å²) in [6.45, 7) is 0. The predicted molar refractivity (Wildman–Crippen MR) is 78.0 cm³/mol. The number of hydrogen-bond donors (Lipinski definition) is 1. The van der Waals surface area contributed by atoms with E-state index < -0.39 is 10.9 Å². The van der Waals surface area contributed by atoms with Gasteiger partial charge in [0.25, 0.3) is 5.69 Å². The molecule has 5 nitrogen and oxygen atoms in total. The summed E-state index contributed by atoms with van der Waals surface area (Å²) in [6.07, 6.45) is 3.16. The molecule has 0 amide bonds. The van der Waals surface area contributed by atoms with Crippen LogP contribution in [0.5, 0.6) is 0 Å². The molecule has 1 aliphatic rings. The molecule has 0 spiro atoms. The zero-order valence-electron chi connectivity index (χ0n) is 11.1. The molecule has 0 heterocycles. The number of hydrogen-bond acceptors (Lipinski definition) is 4. The lowest BCUT2D eigenvalue weighted by Crippen LogP contribution is -2.11. The van der Waals surface area contributed by atoms with Crippen LogP contribution in [0, 0.1) is 15.5 Å². The number of thioether (sulfide) groups is 1. The van der Waals surface area contributed by atoms with Gasteiger partial charge in [-0.25, -0.2) is 0 Å². The van der Waals surface area contributed by atoms with Crippen LogP contribution in [-0.4, -0.2) is 27.5 Å². The highest BCUT2D eigenvalue weighted by atomic mass is 32.2. The van der Waals surface area contributed by atoms with Gasteiger partial charge in [-0.05, 0) is 41.7 Å². The summed E-state index contributed by atoms with van der Waals surface area (Å²) in [4.78, 5) is 20.9. The molecular weight excluding hydrogens is 278 g/mol. The van der Waals surface area contributed by atoms with Gasteiger partial charge in [-0.2, -0.15) is 11.8 Å². The Hall–Kier alpha value is -1.56. The van der Waals surface area contributed by atoms with E-state index in [0.717, 1.165) is 36.3 Å². The second kappa shape index (κ2) is 6.26. The van der Waals surface area contributed by atoms with Crippen molar-refractivity contribution in [3.8, 4) is 0 Å². The number of nitrogens with zero attached hydrogens (tertiary/aromatic N) is 1. The first-order valence-corrected chi connectivity index (χ1v) is 7.69. The summed E-state index contributed by atoms with van der Waals surface area (Å²) in [5, 5.41) is 19.4. The molecule has 0 aromatic heterocycles. The van der Waals surface area contributed by atoms with Gasteiger partial charge >= 0.3 is 5.97 Å². The number of carboxylic acid groups (broad SMARTS) is 1. The number of nitro groups is 1. The Morgan fingerprint density at radius 3 is 2.50 bits per heavy atom. The highest BCUT2D eigenvalue weighted by Crippen LogP contribution is 2.51. The van der Waals surface area contributed by atoms with Gasteiger partial charge in [0, 0.05) is 12.1 Å². The van der Waals surface area contributed by atoms with Gasteiger partial charge in [0.15, 0.2) is 0 Å². The minimum atomic E-state index is -0.710. The van der Waals surface area contributed by atoms with Crippen LogP contribution in [0.2, 0.25) is 0 Å².